The Labute approximate surface area is 200 Å². The standard InChI is InChI=1S/C27H29ClN2O3/c1-19-9-14-24(15-20(19)2)33-18-26(31)30(17-22-10-12-23(28)13-11-22)25(27(32)29-3)16-21-7-5-4-6-8-21/h4-15,25H,16-18H2,1-3H3,(H,29,32)/t25-/m0/s1. The summed E-state index contributed by atoms with van der Waals surface area (Å²) in [5.41, 5.74) is 4.09. The Morgan fingerprint density at radius 2 is 1.64 bits per heavy atom. The zero-order valence-electron chi connectivity index (χ0n) is 19.2. The van der Waals surface area contributed by atoms with Crippen LogP contribution in [0.2, 0.25) is 5.02 Å². The van der Waals surface area contributed by atoms with Gasteiger partial charge in [-0.3, -0.25) is 9.59 Å². The first-order valence-corrected chi connectivity index (χ1v) is 11.2. The zero-order chi connectivity index (χ0) is 23.8. The Morgan fingerprint density at radius 3 is 2.27 bits per heavy atom. The lowest BCUT2D eigenvalue weighted by Crippen LogP contribution is -2.51. The Kier molecular flexibility index (Phi) is 8.50. The minimum atomic E-state index is -0.691. The number of aryl methyl sites for hydroxylation is 2. The molecule has 0 saturated carbocycles. The van der Waals surface area contributed by atoms with E-state index < -0.39 is 6.04 Å². The summed E-state index contributed by atoms with van der Waals surface area (Å²) >= 11 is 6.03. The molecule has 6 heteroatoms. The molecule has 0 fully saturated rings. The van der Waals surface area contributed by atoms with Crippen LogP contribution in [-0.4, -0.2) is 36.4 Å². The van der Waals surface area contributed by atoms with Gasteiger partial charge in [0.25, 0.3) is 5.91 Å². The lowest BCUT2D eigenvalue weighted by Gasteiger charge is -2.31. The van der Waals surface area contributed by atoms with Crippen LogP contribution in [-0.2, 0) is 22.6 Å². The van der Waals surface area contributed by atoms with Crippen molar-refractivity contribution in [3.63, 3.8) is 0 Å². The maximum atomic E-state index is 13.4. The molecule has 1 atom stereocenters. The first kappa shape index (κ1) is 24.3. The van der Waals surface area contributed by atoms with Crippen molar-refractivity contribution >= 4 is 23.4 Å². The molecule has 0 unspecified atom stereocenters. The summed E-state index contributed by atoms with van der Waals surface area (Å²) < 4.78 is 5.81. The highest BCUT2D eigenvalue weighted by Gasteiger charge is 2.30. The normalized spacial score (nSPS) is 11.5. The second-order valence-electron chi connectivity index (χ2n) is 8.00. The molecule has 172 valence electrons. The highest BCUT2D eigenvalue weighted by atomic mass is 35.5. The summed E-state index contributed by atoms with van der Waals surface area (Å²) in [6, 6.07) is 22.0. The highest BCUT2D eigenvalue weighted by molar-refractivity contribution is 6.30. The lowest BCUT2D eigenvalue weighted by atomic mass is 10.0. The van der Waals surface area contributed by atoms with Crippen LogP contribution < -0.4 is 10.1 Å². The minimum absolute atomic E-state index is 0.168. The molecule has 3 aromatic rings. The van der Waals surface area contributed by atoms with Crippen molar-refractivity contribution in [1.82, 2.24) is 10.2 Å². The summed E-state index contributed by atoms with van der Waals surface area (Å²) in [6.45, 7) is 4.11. The maximum Gasteiger partial charge on any atom is 0.261 e. The third-order valence-electron chi connectivity index (χ3n) is 5.62. The number of benzene rings is 3. The zero-order valence-corrected chi connectivity index (χ0v) is 19.9. The van der Waals surface area contributed by atoms with Crippen LogP contribution in [0.25, 0.3) is 0 Å². The Hall–Kier alpha value is -3.31. The van der Waals surface area contributed by atoms with Gasteiger partial charge in [0.05, 0.1) is 0 Å². The molecule has 3 rings (SSSR count). The molecule has 0 saturated heterocycles. The summed E-state index contributed by atoms with van der Waals surface area (Å²) in [4.78, 5) is 27.9. The first-order chi connectivity index (χ1) is 15.9. The quantitative estimate of drug-likeness (QED) is 0.498. The molecule has 0 aromatic heterocycles. The number of amides is 2. The molecule has 0 heterocycles. The predicted octanol–water partition coefficient (Wildman–Crippen LogP) is 4.72. The van der Waals surface area contributed by atoms with Gasteiger partial charge in [0.15, 0.2) is 6.61 Å². The molecular weight excluding hydrogens is 436 g/mol. The number of likely N-dealkylation sites (N-methyl/N-ethyl adjacent to an activating group) is 1. The third-order valence-corrected chi connectivity index (χ3v) is 5.88. The Bertz CT molecular complexity index is 1080. The van der Waals surface area contributed by atoms with Gasteiger partial charge in [-0.15, -0.1) is 0 Å². The molecule has 0 aliphatic rings. The highest BCUT2D eigenvalue weighted by Crippen LogP contribution is 2.19. The van der Waals surface area contributed by atoms with Gasteiger partial charge in [0, 0.05) is 25.0 Å². The predicted molar refractivity (Wildman–Crippen MR) is 131 cm³/mol. The molecule has 2 amide bonds. The molecule has 33 heavy (non-hydrogen) atoms. The van der Waals surface area contributed by atoms with Gasteiger partial charge in [-0.1, -0.05) is 60.1 Å². The Balaban J connectivity index is 1.86. The van der Waals surface area contributed by atoms with Crippen molar-refractivity contribution in [1.29, 1.82) is 0 Å². The third kappa shape index (κ3) is 6.83. The number of nitrogens with zero attached hydrogens (tertiary/aromatic N) is 1. The number of rotatable bonds is 9. The van der Waals surface area contributed by atoms with E-state index in [1.807, 2.05) is 74.5 Å². The van der Waals surface area contributed by atoms with Crippen molar-refractivity contribution in [2.75, 3.05) is 13.7 Å². The second kappa shape index (κ2) is 11.5. The lowest BCUT2D eigenvalue weighted by molar-refractivity contribution is -0.142. The monoisotopic (exact) mass is 464 g/mol. The number of hydrogen-bond acceptors (Lipinski definition) is 3. The van der Waals surface area contributed by atoms with E-state index in [0.717, 1.165) is 22.3 Å². The summed E-state index contributed by atoms with van der Waals surface area (Å²) in [7, 11) is 1.58. The summed E-state index contributed by atoms with van der Waals surface area (Å²) in [6.07, 6.45) is 0.392. The summed E-state index contributed by atoms with van der Waals surface area (Å²) in [5.74, 6) is 0.123. The molecule has 0 spiro atoms. The number of halogens is 1. The van der Waals surface area contributed by atoms with Crippen LogP contribution in [0.4, 0.5) is 0 Å². The number of ether oxygens (including phenoxy) is 1. The first-order valence-electron chi connectivity index (χ1n) is 10.9. The molecule has 5 nitrogen and oxygen atoms in total. The SMILES string of the molecule is CNC(=O)[C@H](Cc1ccccc1)N(Cc1ccc(Cl)cc1)C(=O)COc1ccc(C)c(C)c1. The van der Waals surface area contributed by atoms with Gasteiger partial charge in [0.2, 0.25) is 5.91 Å². The number of carbonyl (C=O) groups is 2. The van der Waals surface area contributed by atoms with Gasteiger partial charge in [-0.05, 0) is 60.4 Å². The van der Waals surface area contributed by atoms with Gasteiger partial charge in [0.1, 0.15) is 11.8 Å². The summed E-state index contributed by atoms with van der Waals surface area (Å²) in [5, 5.41) is 3.32. The largest absolute Gasteiger partial charge is 0.484 e. The van der Waals surface area contributed by atoms with Crippen molar-refractivity contribution in [2.45, 2.75) is 32.9 Å². The average Bonchev–Trinajstić information content (AvgIpc) is 2.83. The van der Waals surface area contributed by atoms with Crippen molar-refractivity contribution in [3.8, 4) is 5.75 Å². The van der Waals surface area contributed by atoms with E-state index in [2.05, 4.69) is 5.32 Å². The molecule has 1 N–H and O–H groups in total. The van der Waals surface area contributed by atoms with E-state index in [0.29, 0.717) is 17.2 Å². The topological polar surface area (TPSA) is 58.6 Å². The smallest absolute Gasteiger partial charge is 0.261 e. The molecule has 0 radical (unpaired) electrons. The fourth-order valence-corrected chi connectivity index (χ4v) is 3.66. The van der Waals surface area contributed by atoms with Crippen molar-refractivity contribution in [2.24, 2.45) is 0 Å². The molecule has 0 aliphatic carbocycles. The van der Waals surface area contributed by atoms with Crippen LogP contribution >= 0.6 is 11.6 Å². The van der Waals surface area contributed by atoms with Gasteiger partial charge < -0.3 is 15.0 Å². The molecule has 0 bridgehead atoms. The fraction of sp³-hybridized carbons (Fsp3) is 0.259. The van der Waals surface area contributed by atoms with E-state index in [1.54, 1.807) is 24.1 Å². The van der Waals surface area contributed by atoms with Crippen LogP contribution in [0.3, 0.4) is 0 Å². The fourth-order valence-electron chi connectivity index (χ4n) is 3.54. The minimum Gasteiger partial charge on any atom is -0.484 e. The maximum absolute atomic E-state index is 13.4. The van der Waals surface area contributed by atoms with E-state index in [4.69, 9.17) is 16.3 Å². The van der Waals surface area contributed by atoms with Crippen LogP contribution in [0.15, 0.2) is 72.8 Å². The van der Waals surface area contributed by atoms with Crippen molar-refractivity contribution in [3.05, 3.63) is 100 Å². The molecule has 3 aromatic carbocycles. The number of nitrogens with one attached hydrogen (secondary N) is 1. The van der Waals surface area contributed by atoms with E-state index in [1.165, 1.54) is 0 Å². The van der Waals surface area contributed by atoms with E-state index in [9.17, 15) is 9.59 Å². The van der Waals surface area contributed by atoms with Crippen LogP contribution in [0.1, 0.15) is 22.3 Å². The average molecular weight is 465 g/mol. The van der Waals surface area contributed by atoms with Gasteiger partial charge in [-0.2, -0.15) is 0 Å². The van der Waals surface area contributed by atoms with Gasteiger partial charge >= 0.3 is 0 Å². The van der Waals surface area contributed by atoms with Crippen LogP contribution in [0, 0.1) is 13.8 Å². The molecular formula is C27H29ClN2O3. The molecule has 0 aliphatic heterocycles. The van der Waals surface area contributed by atoms with Crippen molar-refractivity contribution < 1.29 is 14.3 Å². The number of hydrogen-bond donors (Lipinski definition) is 1. The van der Waals surface area contributed by atoms with Crippen LogP contribution in [0.5, 0.6) is 5.75 Å². The van der Waals surface area contributed by atoms with E-state index in [-0.39, 0.29) is 25.0 Å². The Morgan fingerprint density at radius 1 is 0.939 bits per heavy atom. The second-order valence-corrected chi connectivity index (χ2v) is 8.44. The van der Waals surface area contributed by atoms with Gasteiger partial charge in [-0.25, -0.2) is 0 Å². The number of carbonyl (C=O) groups excluding carboxylic acids is 2. The van der Waals surface area contributed by atoms with E-state index >= 15 is 0 Å².